The molecule has 0 aromatic heterocycles. The molecule has 0 saturated heterocycles. The second-order valence-corrected chi connectivity index (χ2v) is 6.46. The normalized spacial score (nSPS) is 13.4. The topological polar surface area (TPSA) is 38.3 Å². The molecule has 0 unspecified atom stereocenters. The third-order valence-electron chi connectivity index (χ3n) is 3.42. The van der Waals surface area contributed by atoms with E-state index >= 15 is 0 Å². The first-order valence-electron chi connectivity index (χ1n) is 6.83. The molecule has 3 rings (SSSR count). The molecule has 0 aliphatic carbocycles. The van der Waals surface area contributed by atoms with Crippen LogP contribution in [0.4, 0.5) is 10.1 Å². The molecule has 0 saturated carbocycles. The number of rotatable bonds is 3. The highest BCUT2D eigenvalue weighted by molar-refractivity contribution is 8.04. The zero-order valence-corrected chi connectivity index (χ0v) is 14.0. The highest BCUT2D eigenvalue weighted by Crippen LogP contribution is 2.44. The Morgan fingerprint density at radius 3 is 2.83 bits per heavy atom. The van der Waals surface area contributed by atoms with Crippen molar-refractivity contribution in [3.8, 4) is 5.75 Å². The van der Waals surface area contributed by atoms with Crippen molar-refractivity contribution in [2.24, 2.45) is 0 Å². The summed E-state index contributed by atoms with van der Waals surface area (Å²) in [7, 11) is 1.55. The third-order valence-corrected chi connectivity index (χ3v) is 4.96. The van der Waals surface area contributed by atoms with E-state index in [0.717, 1.165) is 0 Å². The molecule has 0 radical (unpaired) electrons. The van der Waals surface area contributed by atoms with Gasteiger partial charge in [0.05, 0.1) is 22.7 Å². The Labute approximate surface area is 142 Å². The standard InChI is InChI=1S/C17H13ClFNO2S/c1-9-17(16(21)10-4-3-5-12(6-10)22-2)23-14-8-11(19)7-13(18)15(14)20-9/h3-8,20H,1-2H3. The van der Waals surface area contributed by atoms with E-state index in [9.17, 15) is 9.18 Å². The first kappa shape index (κ1) is 15.9. The average Bonchev–Trinajstić information content (AvgIpc) is 2.54. The summed E-state index contributed by atoms with van der Waals surface area (Å²) < 4.78 is 18.7. The number of hydrogen-bond donors (Lipinski definition) is 1. The van der Waals surface area contributed by atoms with Crippen molar-refractivity contribution in [1.29, 1.82) is 0 Å². The van der Waals surface area contributed by atoms with Crippen molar-refractivity contribution in [3.63, 3.8) is 0 Å². The number of ether oxygens (including phenoxy) is 1. The summed E-state index contributed by atoms with van der Waals surface area (Å²) >= 11 is 7.27. The van der Waals surface area contributed by atoms with Crippen LogP contribution in [0.1, 0.15) is 17.3 Å². The lowest BCUT2D eigenvalue weighted by Crippen LogP contribution is -2.12. The monoisotopic (exact) mass is 349 g/mol. The summed E-state index contributed by atoms with van der Waals surface area (Å²) in [5.74, 6) is 0.0260. The van der Waals surface area contributed by atoms with Crippen molar-refractivity contribution in [2.45, 2.75) is 11.8 Å². The SMILES string of the molecule is COc1cccc(C(=O)C2=C(C)Nc3c(Cl)cc(F)cc3S2)c1. The summed E-state index contributed by atoms with van der Waals surface area (Å²) in [5, 5.41) is 3.38. The molecule has 0 amide bonds. The Morgan fingerprint density at radius 2 is 2.09 bits per heavy atom. The molecule has 2 aromatic carbocycles. The maximum atomic E-state index is 13.6. The smallest absolute Gasteiger partial charge is 0.201 e. The summed E-state index contributed by atoms with van der Waals surface area (Å²) in [6.45, 7) is 1.79. The Kier molecular flexibility index (Phi) is 4.33. The third kappa shape index (κ3) is 3.07. The van der Waals surface area contributed by atoms with E-state index in [-0.39, 0.29) is 5.78 Å². The van der Waals surface area contributed by atoms with Crippen LogP contribution in [0.3, 0.4) is 0 Å². The maximum absolute atomic E-state index is 13.6. The number of benzene rings is 2. The van der Waals surface area contributed by atoms with E-state index in [2.05, 4.69) is 5.32 Å². The fourth-order valence-electron chi connectivity index (χ4n) is 2.29. The quantitative estimate of drug-likeness (QED) is 0.780. The Hall–Kier alpha value is -1.98. The van der Waals surface area contributed by atoms with Gasteiger partial charge in [-0.25, -0.2) is 4.39 Å². The van der Waals surface area contributed by atoms with E-state index in [0.29, 0.717) is 37.5 Å². The number of fused-ring (bicyclic) bond motifs is 1. The fraction of sp³-hybridized carbons (Fsp3) is 0.118. The van der Waals surface area contributed by atoms with E-state index in [1.54, 1.807) is 38.3 Å². The number of carbonyl (C=O) groups excluding carboxylic acids is 1. The van der Waals surface area contributed by atoms with Crippen molar-refractivity contribution < 1.29 is 13.9 Å². The first-order valence-corrected chi connectivity index (χ1v) is 8.02. The van der Waals surface area contributed by atoms with Gasteiger partial charge in [-0.1, -0.05) is 35.5 Å². The lowest BCUT2D eigenvalue weighted by molar-refractivity contribution is 0.104. The van der Waals surface area contributed by atoms with Gasteiger partial charge in [0, 0.05) is 16.2 Å². The molecule has 1 aliphatic heterocycles. The van der Waals surface area contributed by atoms with Gasteiger partial charge in [0.2, 0.25) is 5.78 Å². The molecule has 3 nitrogen and oxygen atoms in total. The molecule has 0 atom stereocenters. The number of halogens is 2. The molecule has 0 fully saturated rings. The van der Waals surface area contributed by atoms with Crippen molar-refractivity contribution in [3.05, 3.63) is 63.4 Å². The second-order valence-electron chi connectivity index (χ2n) is 5.00. The molecule has 6 heteroatoms. The molecule has 1 N–H and O–H groups in total. The number of nitrogens with one attached hydrogen (secondary N) is 1. The fourth-order valence-corrected chi connectivity index (χ4v) is 3.67. The molecule has 118 valence electrons. The van der Waals surface area contributed by atoms with Gasteiger partial charge < -0.3 is 10.1 Å². The summed E-state index contributed by atoms with van der Waals surface area (Å²) in [5.41, 5.74) is 1.82. The zero-order valence-electron chi connectivity index (χ0n) is 12.4. The number of methoxy groups -OCH3 is 1. The van der Waals surface area contributed by atoms with Crippen LogP contribution in [-0.4, -0.2) is 12.9 Å². The predicted molar refractivity (Wildman–Crippen MR) is 90.9 cm³/mol. The van der Waals surface area contributed by atoms with Gasteiger partial charge in [0.15, 0.2) is 0 Å². The van der Waals surface area contributed by atoms with Crippen LogP contribution in [0.2, 0.25) is 5.02 Å². The minimum absolute atomic E-state index is 0.148. The molecule has 23 heavy (non-hydrogen) atoms. The number of carbonyl (C=O) groups is 1. The molecule has 0 bridgehead atoms. The van der Waals surface area contributed by atoms with Crippen molar-refractivity contribution in [1.82, 2.24) is 0 Å². The largest absolute Gasteiger partial charge is 0.497 e. The molecular formula is C17H13ClFNO2S. The van der Waals surface area contributed by atoms with Gasteiger partial charge in [-0.3, -0.25) is 4.79 Å². The number of hydrogen-bond acceptors (Lipinski definition) is 4. The number of Topliss-reactive ketones (excluding diaryl/α,β-unsaturated/α-hetero) is 1. The van der Waals surface area contributed by atoms with Crippen LogP contribution in [-0.2, 0) is 0 Å². The Balaban J connectivity index is 1.98. The number of thioether (sulfide) groups is 1. The van der Waals surface area contributed by atoms with E-state index in [1.807, 2.05) is 0 Å². The molecule has 1 aliphatic rings. The van der Waals surface area contributed by atoms with Gasteiger partial charge >= 0.3 is 0 Å². The number of ketones is 1. The lowest BCUT2D eigenvalue weighted by atomic mass is 10.1. The van der Waals surface area contributed by atoms with Crippen molar-refractivity contribution in [2.75, 3.05) is 12.4 Å². The average molecular weight is 350 g/mol. The summed E-state index contributed by atoms with van der Waals surface area (Å²) in [4.78, 5) is 13.9. The summed E-state index contributed by atoms with van der Waals surface area (Å²) in [6, 6.07) is 9.54. The van der Waals surface area contributed by atoms with E-state index in [1.165, 1.54) is 23.9 Å². The molecular weight excluding hydrogens is 337 g/mol. The second kappa shape index (κ2) is 6.26. The Bertz CT molecular complexity index is 835. The number of allylic oxidation sites excluding steroid dienone is 2. The van der Waals surface area contributed by atoms with Crippen LogP contribution in [0, 0.1) is 5.82 Å². The molecule has 0 spiro atoms. The predicted octanol–water partition coefficient (Wildman–Crippen LogP) is 5.12. The van der Waals surface area contributed by atoms with Crippen LogP contribution < -0.4 is 10.1 Å². The molecule has 1 heterocycles. The van der Waals surface area contributed by atoms with Crippen LogP contribution in [0.25, 0.3) is 0 Å². The van der Waals surface area contributed by atoms with Crippen LogP contribution in [0.15, 0.2) is 51.9 Å². The minimum atomic E-state index is -0.434. The summed E-state index contributed by atoms with van der Waals surface area (Å²) in [6.07, 6.45) is 0. The highest BCUT2D eigenvalue weighted by Gasteiger charge is 2.25. The first-order chi connectivity index (χ1) is 11.0. The van der Waals surface area contributed by atoms with Crippen LogP contribution in [0.5, 0.6) is 5.75 Å². The maximum Gasteiger partial charge on any atom is 0.201 e. The lowest BCUT2D eigenvalue weighted by Gasteiger charge is -2.22. The zero-order chi connectivity index (χ0) is 16.6. The van der Waals surface area contributed by atoms with Crippen molar-refractivity contribution >= 4 is 34.8 Å². The minimum Gasteiger partial charge on any atom is -0.497 e. The van der Waals surface area contributed by atoms with Gasteiger partial charge in [0.25, 0.3) is 0 Å². The van der Waals surface area contributed by atoms with Crippen LogP contribution >= 0.6 is 23.4 Å². The van der Waals surface area contributed by atoms with E-state index in [4.69, 9.17) is 16.3 Å². The van der Waals surface area contributed by atoms with Gasteiger partial charge in [0.1, 0.15) is 11.6 Å². The van der Waals surface area contributed by atoms with Gasteiger partial charge in [-0.2, -0.15) is 0 Å². The highest BCUT2D eigenvalue weighted by atomic mass is 35.5. The van der Waals surface area contributed by atoms with Gasteiger partial charge in [-0.05, 0) is 31.2 Å². The Morgan fingerprint density at radius 1 is 1.30 bits per heavy atom. The van der Waals surface area contributed by atoms with Gasteiger partial charge in [-0.15, -0.1) is 0 Å². The number of anilines is 1. The van der Waals surface area contributed by atoms with E-state index < -0.39 is 5.82 Å². The molecule has 2 aromatic rings.